The minimum atomic E-state index is -0.781. The molecule has 4 heteroatoms. The number of para-hydroxylation sites is 1. The van der Waals surface area contributed by atoms with Crippen LogP contribution in [0.3, 0.4) is 0 Å². The Morgan fingerprint density at radius 3 is 3.00 bits per heavy atom. The molecule has 1 aliphatic heterocycles. The summed E-state index contributed by atoms with van der Waals surface area (Å²) >= 11 is 0. The monoisotopic (exact) mass is 219 g/mol. The van der Waals surface area contributed by atoms with Gasteiger partial charge in [0.1, 0.15) is 0 Å². The lowest BCUT2D eigenvalue weighted by Gasteiger charge is -2.06. The molecule has 0 saturated heterocycles. The molecule has 1 amide bonds. The smallest absolute Gasteiger partial charge is 0.303 e. The fourth-order valence-electron chi connectivity index (χ4n) is 1.96. The van der Waals surface area contributed by atoms with E-state index in [0.717, 1.165) is 16.8 Å². The van der Waals surface area contributed by atoms with Crippen molar-refractivity contribution in [1.29, 1.82) is 0 Å². The minimum Gasteiger partial charge on any atom is -0.481 e. The van der Waals surface area contributed by atoms with Gasteiger partial charge < -0.3 is 10.4 Å². The average Bonchev–Trinajstić information content (AvgIpc) is 2.58. The van der Waals surface area contributed by atoms with Gasteiger partial charge in [0.2, 0.25) is 5.91 Å². The van der Waals surface area contributed by atoms with E-state index < -0.39 is 5.97 Å². The highest BCUT2D eigenvalue weighted by Crippen LogP contribution is 2.28. The molecule has 1 aliphatic rings. The van der Waals surface area contributed by atoms with Crippen LogP contribution in [0.15, 0.2) is 18.2 Å². The molecular weight excluding hydrogens is 206 g/mol. The number of carbonyl (C=O) groups is 2. The summed E-state index contributed by atoms with van der Waals surface area (Å²) < 4.78 is 0. The normalized spacial score (nSPS) is 13.4. The summed E-state index contributed by atoms with van der Waals surface area (Å²) in [4.78, 5) is 21.6. The predicted molar refractivity (Wildman–Crippen MR) is 59.3 cm³/mol. The molecule has 0 aromatic heterocycles. The molecule has 0 radical (unpaired) electrons. The van der Waals surface area contributed by atoms with Crippen molar-refractivity contribution < 1.29 is 14.7 Å². The Morgan fingerprint density at radius 1 is 1.44 bits per heavy atom. The van der Waals surface area contributed by atoms with Crippen molar-refractivity contribution in [2.75, 3.05) is 5.32 Å². The van der Waals surface area contributed by atoms with Gasteiger partial charge in [0.15, 0.2) is 0 Å². The SMILES string of the molecule is O=C(O)CCCc1cccc2c1NC(=O)C2. The third-order valence-electron chi connectivity index (χ3n) is 2.69. The second-order valence-corrected chi connectivity index (χ2v) is 3.92. The van der Waals surface area contributed by atoms with Crippen LogP contribution < -0.4 is 5.32 Å². The second-order valence-electron chi connectivity index (χ2n) is 3.92. The molecule has 0 fully saturated rings. The zero-order chi connectivity index (χ0) is 11.5. The van der Waals surface area contributed by atoms with Crippen LogP contribution in [0.2, 0.25) is 0 Å². The van der Waals surface area contributed by atoms with E-state index in [4.69, 9.17) is 5.11 Å². The van der Waals surface area contributed by atoms with Crippen molar-refractivity contribution in [2.24, 2.45) is 0 Å². The summed E-state index contributed by atoms with van der Waals surface area (Å²) in [5, 5.41) is 11.4. The zero-order valence-corrected chi connectivity index (χ0v) is 8.82. The topological polar surface area (TPSA) is 66.4 Å². The number of rotatable bonds is 4. The van der Waals surface area contributed by atoms with Gasteiger partial charge in [-0.15, -0.1) is 0 Å². The number of fused-ring (bicyclic) bond motifs is 1. The Labute approximate surface area is 93.3 Å². The van der Waals surface area contributed by atoms with Gasteiger partial charge in [-0.2, -0.15) is 0 Å². The summed E-state index contributed by atoms with van der Waals surface area (Å²) in [5.41, 5.74) is 2.93. The van der Waals surface area contributed by atoms with E-state index in [9.17, 15) is 9.59 Å². The summed E-state index contributed by atoms with van der Waals surface area (Å²) in [5.74, 6) is -0.766. The van der Waals surface area contributed by atoms with E-state index >= 15 is 0 Å². The third kappa shape index (κ3) is 2.21. The van der Waals surface area contributed by atoms with E-state index in [0.29, 0.717) is 19.3 Å². The van der Waals surface area contributed by atoms with Crippen molar-refractivity contribution in [1.82, 2.24) is 0 Å². The Hall–Kier alpha value is -1.84. The number of nitrogens with one attached hydrogen (secondary N) is 1. The maximum absolute atomic E-state index is 11.2. The first-order valence-electron chi connectivity index (χ1n) is 5.29. The summed E-state index contributed by atoms with van der Waals surface area (Å²) in [6.07, 6.45) is 1.89. The lowest BCUT2D eigenvalue weighted by atomic mass is 10.0. The Balaban J connectivity index is 2.08. The Morgan fingerprint density at radius 2 is 2.25 bits per heavy atom. The zero-order valence-electron chi connectivity index (χ0n) is 8.82. The summed E-state index contributed by atoms with van der Waals surface area (Å²) in [6, 6.07) is 5.77. The van der Waals surface area contributed by atoms with Crippen LogP contribution in [-0.2, 0) is 22.4 Å². The highest BCUT2D eigenvalue weighted by Gasteiger charge is 2.19. The first kappa shape index (κ1) is 10.7. The number of anilines is 1. The van der Waals surface area contributed by atoms with Crippen LogP contribution in [-0.4, -0.2) is 17.0 Å². The Kier molecular flexibility index (Phi) is 2.90. The quantitative estimate of drug-likeness (QED) is 0.808. The van der Waals surface area contributed by atoms with E-state index in [2.05, 4.69) is 5.32 Å². The molecule has 0 atom stereocenters. The number of aryl methyl sites for hydroxylation is 1. The first-order valence-corrected chi connectivity index (χ1v) is 5.29. The largest absolute Gasteiger partial charge is 0.481 e. The molecular formula is C12H13NO3. The maximum Gasteiger partial charge on any atom is 0.303 e. The van der Waals surface area contributed by atoms with E-state index in [1.165, 1.54) is 0 Å². The molecule has 0 saturated carbocycles. The van der Waals surface area contributed by atoms with Gasteiger partial charge in [-0.25, -0.2) is 0 Å². The van der Waals surface area contributed by atoms with Gasteiger partial charge in [0.25, 0.3) is 0 Å². The standard InChI is InChI=1S/C12H13NO3/c14-10-7-9-5-1-3-8(12(9)13-10)4-2-6-11(15)16/h1,3,5H,2,4,6-7H2,(H,13,14)(H,15,16). The molecule has 1 heterocycles. The molecule has 84 valence electrons. The highest BCUT2D eigenvalue weighted by molar-refractivity contribution is 6.00. The predicted octanol–water partition coefficient (Wildman–Crippen LogP) is 1.59. The van der Waals surface area contributed by atoms with E-state index in [1.807, 2.05) is 18.2 Å². The average molecular weight is 219 g/mol. The van der Waals surface area contributed by atoms with Crippen molar-refractivity contribution >= 4 is 17.6 Å². The number of carbonyl (C=O) groups excluding carboxylic acids is 1. The third-order valence-corrected chi connectivity index (χ3v) is 2.69. The minimum absolute atomic E-state index is 0.0145. The number of carboxylic acid groups (broad SMARTS) is 1. The summed E-state index contributed by atoms with van der Waals surface area (Å²) in [7, 11) is 0. The van der Waals surface area contributed by atoms with Gasteiger partial charge in [-0.3, -0.25) is 9.59 Å². The lowest BCUT2D eigenvalue weighted by Crippen LogP contribution is -2.05. The molecule has 0 unspecified atom stereocenters. The van der Waals surface area contributed by atoms with Crippen LogP contribution in [0, 0.1) is 0 Å². The van der Waals surface area contributed by atoms with Crippen LogP contribution in [0.4, 0.5) is 5.69 Å². The summed E-state index contributed by atoms with van der Waals surface area (Å²) in [6.45, 7) is 0. The van der Waals surface area contributed by atoms with Crippen molar-refractivity contribution in [3.05, 3.63) is 29.3 Å². The maximum atomic E-state index is 11.2. The van der Waals surface area contributed by atoms with Crippen LogP contribution >= 0.6 is 0 Å². The molecule has 0 bridgehead atoms. The van der Waals surface area contributed by atoms with Gasteiger partial charge in [0.05, 0.1) is 6.42 Å². The second kappa shape index (κ2) is 4.35. The molecule has 1 aromatic rings. The number of amides is 1. The van der Waals surface area contributed by atoms with Gasteiger partial charge >= 0.3 is 5.97 Å². The van der Waals surface area contributed by atoms with Crippen molar-refractivity contribution in [3.63, 3.8) is 0 Å². The van der Waals surface area contributed by atoms with Crippen molar-refractivity contribution in [2.45, 2.75) is 25.7 Å². The van der Waals surface area contributed by atoms with Gasteiger partial charge in [-0.05, 0) is 24.0 Å². The fourth-order valence-corrected chi connectivity index (χ4v) is 1.96. The molecule has 2 rings (SSSR count). The van der Waals surface area contributed by atoms with Crippen LogP contribution in [0.5, 0.6) is 0 Å². The molecule has 4 nitrogen and oxygen atoms in total. The molecule has 1 aromatic carbocycles. The highest BCUT2D eigenvalue weighted by atomic mass is 16.4. The molecule has 16 heavy (non-hydrogen) atoms. The fraction of sp³-hybridized carbons (Fsp3) is 0.333. The molecule has 0 spiro atoms. The van der Waals surface area contributed by atoms with Gasteiger partial charge in [0, 0.05) is 12.1 Å². The number of benzene rings is 1. The molecule has 2 N–H and O–H groups in total. The first-order chi connectivity index (χ1) is 7.66. The number of aliphatic carboxylic acids is 1. The van der Waals surface area contributed by atoms with E-state index in [-0.39, 0.29) is 12.3 Å². The van der Waals surface area contributed by atoms with Crippen LogP contribution in [0.25, 0.3) is 0 Å². The Bertz CT molecular complexity index is 440. The number of carboxylic acids is 1. The van der Waals surface area contributed by atoms with Crippen molar-refractivity contribution in [3.8, 4) is 0 Å². The number of hydrogen-bond donors (Lipinski definition) is 2. The lowest BCUT2D eigenvalue weighted by molar-refractivity contribution is -0.137. The van der Waals surface area contributed by atoms with E-state index in [1.54, 1.807) is 0 Å². The molecule has 0 aliphatic carbocycles. The number of hydrogen-bond acceptors (Lipinski definition) is 2. The van der Waals surface area contributed by atoms with Gasteiger partial charge in [-0.1, -0.05) is 18.2 Å². The van der Waals surface area contributed by atoms with Crippen LogP contribution in [0.1, 0.15) is 24.0 Å².